The Morgan fingerprint density at radius 3 is 2.36 bits per heavy atom. The highest BCUT2D eigenvalue weighted by atomic mass is 19.4. The Labute approximate surface area is 158 Å². The van der Waals surface area contributed by atoms with Crippen molar-refractivity contribution >= 4 is 23.0 Å². The van der Waals surface area contributed by atoms with Gasteiger partial charge < -0.3 is 5.32 Å². The molecule has 0 saturated heterocycles. The summed E-state index contributed by atoms with van der Waals surface area (Å²) in [7, 11) is 0. The van der Waals surface area contributed by atoms with Gasteiger partial charge in [-0.25, -0.2) is 19.4 Å². The molecule has 28 heavy (non-hydrogen) atoms. The van der Waals surface area contributed by atoms with E-state index >= 15 is 0 Å². The van der Waals surface area contributed by atoms with Crippen LogP contribution in [0, 0.1) is 5.82 Å². The molecule has 0 fully saturated rings. The second-order valence-electron chi connectivity index (χ2n) is 6.29. The first-order valence-corrected chi connectivity index (χ1v) is 8.50. The van der Waals surface area contributed by atoms with Gasteiger partial charge in [0.25, 0.3) is 0 Å². The minimum atomic E-state index is -4.54. The number of aliphatic imine (C=N–C) groups is 1. The number of rotatable bonds is 4. The molecule has 0 saturated carbocycles. The molecule has 0 unspecified atom stereocenters. The highest BCUT2D eigenvalue weighted by Gasteiger charge is 2.39. The van der Waals surface area contributed by atoms with Gasteiger partial charge in [-0.15, -0.1) is 0 Å². The molecule has 142 valence electrons. The van der Waals surface area contributed by atoms with Crippen LogP contribution in [0.5, 0.6) is 0 Å². The maximum Gasteiger partial charge on any atom is 0.429 e. The van der Waals surface area contributed by atoms with Crippen molar-refractivity contribution in [3.63, 3.8) is 0 Å². The summed E-state index contributed by atoms with van der Waals surface area (Å²) < 4.78 is 53.1. The zero-order valence-corrected chi connectivity index (χ0v) is 14.5. The summed E-state index contributed by atoms with van der Waals surface area (Å²) in [6.45, 7) is 0. The van der Waals surface area contributed by atoms with E-state index in [1.165, 1.54) is 12.1 Å². The minimum absolute atomic E-state index is 0.0945. The normalized spacial score (nSPS) is 13.2. The molecule has 0 bridgehead atoms. The third kappa shape index (κ3) is 3.71. The van der Waals surface area contributed by atoms with E-state index < -0.39 is 24.1 Å². The lowest BCUT2D eigenvalue weighted by Crippen LogP contribution is -2.22. The first-order valence-electron chi connectivity index (χ1n) is 8.50. The number of halogens is 4. The quantitative estimate of drug-likeness (QED) is 0.632. The summed E-state index contributed by atoms with van der Waals surface area (Å²) in [6, 6.07) is 15.3. The predicted molar refractivity (Wildman–Crippen MR) is 97.8 cm³/mol. The van der Waals surface area contributed by atoms with Gasteiger partial charge in [0, 0.05) is 12.8 Å². The fraction of sp³-hybridized carbons (Fsp3) is 0.150. The number of hydrogen-bond donors (Lipinski definition) is 1. The lowest BCUT2D eigenvalue weighted by molar-refractivity contribution is -0.0597. The molecule has 0 amide bonds. The van der Waals surface area contributed by atoms with Crippen LogP contribution >= 0.6 is 0 Å². The smallest absolute Gasteiger partial charge is 0.336 e. The molecule has 1 aromatic heterocycles. The Kier molecular flexibility index (Phi) is 4.54. The zero-order chi connectivity index (χ0) is 19.7. The average molecular weight is 386 g/mol. The molecular weight excluding hydrogens is 372 g/mol. The second-order valence-corrected chi connectivity index (χ2v) is 6.29. The van der Waals surface area contributed by atoms with Crippen LogP contribution in [0.15, 0.2) is 59.6 Å². The molecule has 1 aliphatic heterocycles. The van der Waals surface area contributed by atoms with Crippen LogP contribution in [0.4, 0.5) is 34.9 Å². The highest BCUT2D eigenvalue weighted by molar-refractivity contribution is 5.96. The molecule has 4 nitrogen and oxygen atoms in total. The SMILES string of the molecule is Fc1ccccc1Nc1nc2c(nc1Cc1ccccc1)CC(C(F)(F)F)=N2. The van der Waals surface area contributed by atoms with Crippen molar-refractivity contribution in [1.29, 1.82) is 0 Å². The van der Waals surface area contributed by atoms with Crippen molar-refractivity contribution in [3.8, 4) is 0 Å². The topological polar surface area (TPSA) is 50.2 Å². The number of para-hydroxylation sites is 1. The zero-order valence-electron chi connectivity index (χ0n) is 14.5. The Balaban J connectivity index is 1.75. The van der Waals surface area contributed by atoms with E-state index in [0.717, 1.165) is 5.56 Å². The third-order valence-corrected chi connectivity index (χ3v) is 4.26. The predicted octanol–water partition coefficient (Wildman–Crippen LogP) is 5.14. The molecule has 4 rings (SSSR count). The van der Waals surface area contributed by atoms with E-state index in [2.05, 4.69) is 20.3 Å². The first-order chi connectivity index (χ1) is 13.4. The lowest BCUT2D eigenvalue weighted by Gasteiger charge is -2.13. The Morgan fingerprint density at radius 1 is 0.929 bits per heavy atom. The van der Waals surface area contributed by atoms with E-state index in [1.54, 1.807) is 12.1 Å². The molecule has 1 aliphatic rings. The molecule has 0 radical (unpaired) electrons. The van der Waals surface area contributed by atoms with E-state index in [4.69, 9.17) is 0 Å². The van der Waals surface area contributed by atoms with E-state index in [-0.39, 0.29) is 23.0 Å². The van der Waals surface area contributed by atoms with Gasteiger partial charge >= 0.3 is 6.18 Å². The van der Waals surface area contributed by atoms with Gasteiger partial charge in [0.15, 0.2) is 11.6 Å². The molecular formula is C20H14F4N4. The summed E-state index contributed by atoms with van der Waals surface area (Å²) in [6.07, 6.45) is -4.63. The summed E-state index contributed by atoms with van der Waals surface area (Å²) in [5, 5.41) is 2.85. The average Bonchev–Trinajstić information content (AvgIpc) is 3.08. The monoisotopic (exact) mass is 386 g/mol. The minimum Gasteiger partial charge on any atom is -0.336 e. The summed E-state index contributed by atoms with van der Waals surface area (Å²) in [4.78, 5) is 12.2. The van der Waals surface area contributed by atoms with Gasteiger partial charge in [-0.2, -0.15) is 13.2 Å². The highest BCUT2D eigenvalue weighted by Crippen LogP contribution is 2.33. The van der Waals surface area contributed by atoms with Gasteiger partial charge in [0.05, 0.1) is 17.1 Å². The Morgan fingerprint density at radius 2 is 1.64 bits per heavy atom. The Hall–Kier alpha value is -3.29. The van der Waals surface area contributed by atoms with Gasteiger partial charge in [-0.1, -0.05) is 42.5 Å². The van der Waals surface area contributed by atoms with Crippen LogP contribution in [0.25, 0.3) is 0 Å². The summed E-state index contributed by atoms with van der Waals surface area (Å²) >= 11 is 0. The molecule has 0 aliphatic carbocycles. The van der Waals surface area contributed by atoms with Crippen molar-refractivity contribution in [2.75, 3.05) is 5.32 Å². The first kappa shape index (κ1) is 18.1. The Bertz CT molecular complexity index is 1050. The summed E-state index contributed by atoms with van der Waals surface area (Å²) in [5.74, 6) is -0.419. The fourth-order valence-corrected chi connectivity index (χ4v) is 2.90. The molecule has 8 heteroatoms. The van der Waals surface area contributed by atoms with Crippen LogP contribution in [0.2, 0.25) is 0 Å². The van der Waals surface area contributed by atoms with Crippen LogP contribution in [0.3, 0.4) is 0 Å². The number of nitrogens with zero attached hydrogens (tertiary/aromatic N) is 3. The number of benzene rings is 2. The number of alkyl halides is 3. The number of nitrogens with one attached hydrogen (secondary N) is 1. The van der Waals surface area contributed by atoms with Crippen LogP contribution < -0.4 is 5.32 Å². The molecule has 1 N–H and O–H groups in total. The molecule has 2 aromatic carbocycles. The molecule has 0 atom stereocenters. The largest absolute Gasteiger partial charge is 0.429 e. The number of aromatic nitrogens is 2. The maximum absolute atomic E-state index is 14.0. The van der Waals surface area contributed by atoms with Gasteiger partial charge in [0.1, 0.15) is 11.5 Å². The van der Waals surface area contributed by atoms with Gasteiger partial charge in [0.2, 0.25) is 0 Å². The van der Waals surface area contributed by atoms with E-state index in [1.807, 2.05) is 30.3 Å². The molecule has 2 heterocycles. The van der Waals surface area contributed by atoms with Crippen molar-refractivity contribution in [1.82, 2.24) is 9.97 Å². The van der Waals surface area contributed by atoms with Crippen molar-refractivity contribution < 1.29 is 17.6 Å². The molecule has 0 spiro atoms. The second kappa shape index (κ2) is 7.03. The molecule has 3 aromatic rings. The summed E-state index contributed by atoms with van der Waals surface area (Å²) in [5.41, 5.74) is 0.716. The lowest BCUT2D eigenvalue weighted by atomic mass is 10.1. The van der Waals surface area contributed by atoms with Crippen molar-refractivity contribution in [3.05, 3.63) is 77.4 Å². The van der Waals surface area contributed by atoms with Crippen LogP contribution in [0.1, 0.15) is 17.0 Å². The number of fused-ring (bicyclic) bond motifs is 1. The van der Waals surface area contributed by atoms with Crippen LogP contribution in [-0.2, 0) is 12.8 Å². The van der Waals surface area contributed by atoms with E-state index in [0.29, 0.717) is 12.1 Å². The van der Waals surface area contributed by atoms with Gasteiger partial charge in [-0.3, -0.25) is 0 Å². The van der Waals surface area contributed by atoms with Gasteiger partial charge in [-0.05, 0) is 17.7 Å². The third-order valence-electron chi connectivity index (χ3n) is 4.26. The van der Waals surface area contributed by atoms with Crippen LogP contribution in [-0.4, -0.2) is 21.9 Å². The maximum atomic E-state index is 14.0. The number of hydrogen-bond acceptors (Lipinski definition) is 4. The van der Waals surface area contributed by atoms with Crippen molar-refractivity contribution in [2.45, 2.75) is 19.0 Å². The van der Waals surface area contributed by atoms with E-state index in [9.17, 15) is 17.6 Å². The standard InChI is InChI=1S/C20H14F4N4/c21-13-8-4-5-9-14(13)26-18-15(10-12-6-2-1-3-7-12)25-16-11-17(20(22,23)24)27-19(16)28-18/h1-9H,10-11H2,(H,26,28). The fourth-order valence-electron chi connectivity index (χ4n) is 2.90. The van der Waals surface area contributed by atoms with Crippen molar-refractivity contribution in [2.24, 2.45) is 4.99 Å². The number of anilines is 2.